The van der Waals surface area contributed by atoms with Crippen molar-refractivity contribution in [3.8, 4) is 0 Å². The molecule has 0 radical (unpaired) electrons. The number of hydrogen-bond acceptors (Lipinski definition) is 5. The summed E-state index contributed by atoms with van der Waals surface area (Å²) < 4.78 is 10.7. The summed E-state index contributed by atoms with van der Waals surface area (Å²) in [6, 6.07) is -0.848. The van der Waals surface area contributed by atoms with E-state index < -0.39 is 29.6 Å². The van der Waals surface area contributed by atoms with Crippen LogP contribution in [0.2, 0.25) is 0 Å². The van der Waals surface area contributed by atoms with Crippen LogP contribution in [0.15, 0.2) is 12.7 Å². The number of carbonyl (C=O) groups is 3. The number of ether oxygens (including phenoxy) is 2. The summed E-state index contributed by atoms with van der Waals surface area (Å²) in [5.74, 6) is -0.987. The molecule has 8 heteroatoms. The molecule has 2 amide bonds. The number of nitrogens with one attached hydrogen (secondary N) is 1. The zero-order chi connectivity index (χ0) is 16.6. The smallest absolute Gasteiger partial charge is 0.408 e. The molecule has 0 aromatic heterocycles. The van der Waals surface area contributed by atoms with Crippen molar-refractivity contribution in [1.29, 1.82) is 0 Å². The third-order valence-electron chi connectivity index (χ3n) is 2.13. The van der Waals surface area contributed by atoms with Gasteiger partial charge in [-0.2, -0.15) is 0 Å². The molecule has 0 fully saturated rings. The topological polar surface area (TPSA) is 84.9 Å². The van der Waals surface area contributed by atoms with Gasteiger partial charge < -0.3 is 14.8 Å². The van der Waals surface area contributed by atoms with E-state index in [1.165, 1.54) is 13.2 Å². The molecule has 0 aromatic carbocycles. The highest BCUT2D eigenvalue weighted by molar-refractivity contribution is 14.1. The first-order valence-electron chi connectivity index (χ1n) is 6.25. The van der Waals surface area contributed by atoms with E-state index in [-0.39, 0.29) is 13.0 Å². The summed E-state index contributed by atoms with van der Waals surface area (Å²) in [7, 11) is 1.23. The highest BCUT2D eigenvalue weighted by Gasteiger charge is 2.27. The minimum atomic E-state index is -0.848. The molecule has 0 spiro atoms. The molecule has 1 unspecified atom stereocenters. The number of amides is 2. The third-order valence-corrected chi connectivity index (χ3v) is 2.94. The van der Waals surface area contributed by atoms with Crippen molar-refractivity contribution in [2.45, 2.75) is 38.8 Å². The van der Waals surface area contributed by atoms with E-state index in [1.54, 1.807) is 43.6 Å². The van der Waals surface area contributed by atoms with Gasteiger partial charge in [-0.25, -0.2) is 4.79 Å². The molecule has 120 valence electrons. The van der Waals surface area contributed by atoms with E-state index in [4.69, 9.17) is 4.74 Å². The molecule has 0 heterocycles. The minimum absolute atomic E-state index is 0.209. The van der Waals surface area contributed by atoms with Gasteiger partial charge in [0, 0.05) is 0 Å². The lowest BCUT2D eigenvalue weighted by Gasteiger charge is -2.24. The fraction of sp³-hybridized carbons (Fsp3) is 0.615. The van der Waals surface area contributed by atoms with Crippen molar-refractivity contribution in [1.82, 2.24) is 8.43 Å². The monoisotopic (exact) mass is 412 g/mol. The molecule has 0 aromatic rings. The van der Waals surface area contributed by atoms with Gasteiger partial charge >= 0.3 is 12.1 Å². The predicted octanol–water partition coefficient (Wildman–Crippen LogP) is 1.81. The molecule has 0 saturated heterocycles. The molecule has 0 rings (SSSR count). The van der Waals surface area contributed by atoms with Crippen LogP contribution in [0.4, 0.5) is 4.79 Å². The highest BCUT2D eigenvalue weighted by Crippen LogP contribution is 2.10. The van der Waals surface area contributed by atoms with E-state index in [0.29, 0.717) is 0 Å². The van der Waals surface area contributed by atoms with Crippen molar-refractivity contribution >= 4 is 40.8 Å². The first-order chi connectivity index (χ1) is 9.60. The fourth-order valence-electron chi connectivity index (χ4n) is 1.26. The second-order valence-corrected chi connectivity index (χ2v) is 6.32. The fourth-order valence-corrected chi connectivity index (χ4v) is 1.88. The maximum absolute atomic E-state index is 12.2. The first kappa shape index (κ1) is 19.7. The number of nitrogens with zero attached hydrogens (tertiary/aromatic N) is 1. The van der Waals surface area contributed by atoms with Gasteiger partial charge in [0.1, 0.15) is 18.2 Å². The van der Waals surface area contributed by atoms with Crippen LogP contribution in [0.3, 0.4) is 0 Å². The zero-order valence-corrected chi connectivity index (χ0v) is 14.8. The van der Waals surface area contributed by atoms with Gasteiger partial charge in [-0.05, 0) is 27.2 Å². The molecule has 21 heavy (non-hydrogen) atoms. The van der Waals surface area contributed by atoms with Crippen LogP contribution in [0, 0.1) is 0 Å². The molecule has 0 aliphatic rings. The van der Waals surface area contributed by atoms with Crippen LogP contribution in [0.25, 0.3) is 0 Å². The van der Waals surface area contributed by atoms with Gasteiger partial charge in [-0.1, -0.05) is 6.08 Å². The molecular formula is C13H21IN2O5. The van der Waals surface area contributed by atoms with E-state index >= 15 is 0 Å². The molecule has 1 atom stereocenters. The summed E-state index contributed by atoms with van der Waals surface area (Å²) in [5.41, 5.74) is -0.665. The van der Waals surface area contributed by atoms with Crippen molar-refractivity contribution in [3.05, 3.63) is 12.7 Å². The average Bonchev–Trinajstić information content (AvgIpc) is 2.34. The molecule has 0 aliphatic heterocycles. The molecule has 0 saturated carbocycles. The van der Waals surface area contributed by atoms with Crippen LogP contribution in [-0.2, 0) is 19.1 Å². The van der Waals surface area contributed by atoms with Crippen LogP contribution in [0.5, 0.6) is 0 Å². The molecule has 1 N–H and O–H groups in total. The maximum atomic E-state index is 12.2. The van der Waals surface area contributed by atoms with Crippen LogP contribution >= 0.6 is 22.9 Å². The lowest BCUT2D eigenvalue weighted by molar-refractivity contribution is -0.143. The van der Waals surface area contributed by atoms with Crippen LogP contribution in [0.1, 0.15) is 27.2 Å². The number of alkyl carbamates (subject to hydrolysis) is 1. The lowest BCUT2D eigenvalue weighted by Crippen LogP contribution is -2.47. The summed E-state index contributed by atoms with van der Waals surface area (Å²) in [5, 5.41) is 2.47. The minimum Gasteiger partial charge on any atom is -0.468 e. The van der Waals surface area contributed by atoms with Crippen molar-refractivity contribution in [2.75, 3.05) is 13.7 Å². The van der Waals surface area contributed by atoms with Crippen LogP contribution < -0.4 is 5.32 Å². The quantitative estimate of drug-likeness (QED) is 0.311. The second kappa shape index (κ2) is 8.85. The molecular weight excluding hydrogens is 391 g/mol. The summed E-state index contributed by atoms with van der Waals surface area (Å²) in [6.07, 6.45) is 1.02. The Morgan fingerprint density at radius 1 is 1.38 bits per heavy atom. The summed E-state index contributed by atoms with van der Waals surface area (Å²) >= 11 is 1.69. The normalized spacial score (nSPS) is 12.0. The van der Waals surface area contributed by atoms with Gasteiger partial charge in [0.2, 0.25) is 0 Å². The van der Waals surface area contributed by atoms with Crippen molar-refractivity contribution < 1.29 is 23.9 Å². The Kier molecular flexibility index (Phi) is 8.30. The predicted molar refractivity (Wildman–Crippen MR) is 85.7 cm³/mol. The van der Waals surface area contributed by atoms with E-state index in [0.717, 1.165) is 3.11 Å². The van der Waals surface area contributed by atoms with E-state index in [1.807, 2.05) is 0 Å². The van der Waals surface area contributed by atoms with Crippen LogP contribution in [-0.4, -0.2) is 46.4 Å². The number of halogens is 1. The average molecular weight is 412 g/mol. The number of methoxy groups -OCH3 is 1. The highest BCUT2D eigenvalue weighted by atomic mass is 127. The Balaban J connectivity index is 4.73. The summed E-state index contributed by atoms with van der Waals surface area (Å²) in [4.78, 5) is 35.1. The van der Waals surface area contributed by atoms with E-state index in [9.17, 15) is 14.4 Å². The SMILES string of the molecule is C=CCC(NC(=O)OC(C)(C)C)C(=O)N(I)CC(=O)OC. The Morgan fingerprint density at radius 2 is 1.95 bits per heavy atom. The maximum Gasteiger partial charge on any atom is 0.408 e. The third kappa shape index (κ3) is 8.53. The van der Waals surface area contributed by atoms with Gasteiger partial charge in [0.15, 0.2) is 0 Å². The van der Waals surface area contributed by atoms with Gasteiger partial charge in [-0.15, -0.1) is 6.58 Å². The Hall–Kier alpha value is -1.32. The standard InChI is InChI=1S/C13H21IN2O5/c1-6-7-9(15-12(19)21-13(2,3)4)11(18)16(14)8-10(17)20-5/h6,9H,1,7-8H2,2-5H3,(H,15,19). The number of carbonyl (C=O) groups excluding carboxylic acids is 3. The van der Waals surface area contributed by atoms with Crippen molar-refractivity contribution in [2.24, 2.45) is 0 Å². The number of esters is 1. The zero-order valence-electron chi connectivity index (χ0n) is 12.6. The Bertz CT molecular complexity index is 406. The van der Waals surface area contributed by atoms with Gasteiger partial charge in [-0.3, -0.25) is 12.7 Å². The molecule has 0 bridgehead atoms. The van der Waals surface area contributed by atoms with E-state index in [2.05, 4.69) is 16.6 Å². The molecule has 7 nitrogen and oxygen atoms in total. The molecule has 0 aliphatic carbocycles. The first-order valence-corrected chi connectivity index (χ1v) is 7.21. The van der Waals surface area contributed by atoms with Gasteiger partial charge in [0.05, 0.1) is 30.0 Å². The lowest BCUT2D eigenvalue weighted by atomic mass is 10.2. The Labute approximate surface area is 138 Å². The van der Waals surface area contributed by atoms with Gasteiger partial charge in [0.25, 0.3) is 5.91 Å². The largest absolute Gasteiger partial charge is 0.468 e. The second-order valence-electron chi connectivity index (χ2n) is 5.16. The summed E-state index contributed by atoms with van der Waals surface area (Å²) in [6.45, 7) is 8.50. The number of rotatable bonds is 6. The number of hydrogen-bond donors (Lipinski definition) is 1. The Morgan fingerprint density at radius 3 is 2.38 bits per heavy atom. The van der Waals surface area contributed by atoms with Crippen molar-refractivity contribution in [3.63, 3.8) is 0 Å².